The molecule has 0 aliphatic rings. The Balaban J connectivity index is 1.60. The molecule has 0 spiro atoms. The maximum atomic E-state index is 10.6. The van der Waals surface area contributed by atoms with Gasteiger partial charge in [-0.2, -0.15) is 0 Å². The molecule has 0 bridgehead atoms. The molecule has 2 N–H and O–H groups in total. The molecule has 0 saturated heterocycles. The van der Waals surface area contributed by atoms with Crippen molar-refractivity contribution in [2.75, 3.05) is 33.4 Å². The number of hydrogen-bond donors (Lipinski definition) is 2. The Labute approximate surface area is 147 Å². The van der Waals surface area contributed by atoms with Gasteiger partial charge >= 0.3 is 0 Å². The summed E-state index contributed by atoms with van der Waals surface area (Å²) in [6.07, 6.45) is 0.132. The van der Waals surface area contributed by atoms with Gasteiger partial charge in [0.05, 0.1) is 7.11 Å². The number of hydrogen-bond acceptors (Lipinski definition) is 6. The number of aldehydes is 1. The van der Waals surface area contributed by atoms with Gasteiger partial charge in [-0.15, -0.1) is 0 Å². The van der Waals surface area contributed by atoms with Crippen LogP contribution in [0.1, 0.15) is 10.4 Å². The lowest BCUT2D eigenvalue weighted by Gasteiger charge is -2.14. The van der Waals surface area contributed by atoms with Gasteiger partial charge in [0.25, 0.3) is 0 Å². The number of nitrogens with one attached hydrogen (secondary N) is 1. The van der Waals surface area contributed by atoms with Crippen LogP contribution >= 0.6 is 0 Å². The van der Waals surface area contributed by atoms with Crippen molar-refractivity contribution < 1.29 is 24.1 Å². The molecular weight excluding hydrogens is 322 g/mol. The van der Waals surface area contributed by atoms with E-state index in [0.717, 1.165) is 6.29 Å². The first kappa shape index (κ1) is 18.8. The highest BCUT2D eigenvalue weighted by Crippen LogP contribution is 2.25. The molecule has 0 aliphatic carbocycles. The first-order valence-corrected chi connectivity index (χ1v) is 8.05. The molecule has 6 nitrogen and oxygen atoms in total. The number of ether oxygens (including phenoxy) is 3. The van der Waals surface area contributed by atoms with Crippen molar-refractivity contribution in [2.45, 2.75) is 6.10 Å². The van der Waals surface area contributed by atoms with Gasteiger partial charge in [-0.3, -0.25) is 4.79 Å². The second kappa shape index (κ2) is 10.3. The topological polar surface area (TPSA) is 77.0 Å². The molecule has 0 saturated carbocycles. The third kappa shape index (κ3) is 6.45. The van der Waals surface area contributed by atoms with E-state index in [4.69, 9.17) is 14.2 Å². The van der Waals surface area contributed by atoms with E-state index in [2.05, 4.69) is 5.32 Å². The van der Waals surface area contributed by atoms with Gasteiger partial charge in [0.1, 0.15) is 31.4 Å². The average molecular weight is 345 g/mol. The van der Waals surface area contributed by atoms with Gasteiger partial charge in [-0.1, -0.05) is 12.1 Å². The predicted octanol–water partition coefficient (Wildman–Crippen LogP) is 1.92. The zero-order valence-electron chi connectivity index (χ0n) is 14.2. The molecule has 1 atom stereocenters. The van der Waals surface area contributed by atoms with Gasteiger partial charge in [0.2, 0.25) is 0 Å². The SMILES string of the molecule is COc1ccccc1OCCNCC(O)COc1ccc(C=O)cc1. The smallest absolute Gasteiger partial charge is 0.161 e. The summed E-state index contributed by atoms with van der Waals surface area (Å²) in [5.74, 6) is 2.00. The molecule has 2 rings (SSSR count). The fourth-order valence-electron chi connectivity index (χ4n) is 2.13. The summed E-state index contributed by atoms with van der Waals surface area (Å²) in [6.45, 7) is 1.60. The predicted molar refractivity (Wildman–Crippen MR) is 94.7 cm³/mol. The maximum Gasteiger partial charge on any atom is 0.161 e. The highest BCUT2D eigenvalue weighted by molar-refractivity contribution is 5.74. The number of rotatable bonds is 11. The minimum Gasteiger partial charge on any atom is -0.493 e. The molecule has 6 heteroatoms. The van der Waals surface area contributed by atoms with Crippen molar-refractivity contribution in [1.29, 1.82) is 0 Å². The van der Waals surface area contributed by atoms with E-state index in [-0.39, 0.29) is 6.61 Å². The molecular formula is C19H23NO5. The summed E-state index contributed by atoms with van der Waals surface area (Å²) in [5.41, 5.74) is 0.588. The van der Waals surface area contributed by atoms with Crippen molar-refractivity contribution in [3.05, 3.63) is 54.1 Å². The zero-order valence-corrected chi connectivity index (χ0v) is 14.2. The minimum atomic E-state index is -0.642. The number of aliphatic hydroxyl groups excluding tert-OH is 1. The Morgan fingerprint density at radius 1 is 1.08 bits per heavy atom. The summed E-state index contributed by atoms with van der Waals surface area (Å²) in [5, 5.41) is 13.0. The Morgan fingerprint density at radius 3 is 2.48 bits per heavy atom. The number of benzene rings is 2. The molecule has 0 radical (unpaired) electrons. The fraction of sp³-hybridized carbons (Fsp3) is 0.316. The van der Waals surface area contributed by atoms with Gasteiger partial charge in [-0.25, -0.2) is 0 Å². The van der Waals surface area contributed by atoms with Crippen LogP contribution in [0.5, 0.6) is 17.2 Å². The summed E-state index contributed by atoms with van der Waals surface area (Å²) in [4.78, 5) is 10.6. The van der Waals surface area contributed by atoms with Crippen LogP contribution in [0.4, 0.5) is 0 Å². The highest BCUT2D eigenvalue weighted by Gasteiger charge is 2.06. The van der Waals surface area contributed by atoms with Crippen molar-refractivity contribution in [3.63, 3.8) is 0 Å². The van der Waals surface area contributed by atoms with Gasteiger partial charge in [-0.05, 0) is 36.4 Å². The van der Waals surface area contributed by atoms with E-state index in [1.165, 1.54) is 0 Å². The Kier molecular flexibility index (Phi) is 7.75. The largest absolute Gasteiger partial charge is 0.493 e. The normalized spacial score (nSPS) is 11.6. The molecule has 0 heterocycles. The number of carbonyl (C=O) groups is 1. The molecule has 1 unspecified atom stereocenters. The molecule has 2 aromatic carbocycles. The van der Waals surface area contributed by atoms with E-state index in [0.29, 0.717) is 42.5 Å². The first-order chi connectivity index (χ1) is 12.2. The fourth-order valence-corrected chi connectivity index (χ4v) is 2.13. The van der Waals surface area contributed by atoms with Gasteiger partial charge < -0.3 is 24.6 Å². The molecule has 134 valence electrons. The summed E-state index contributed by atoms with van der Waals surface area (Å²) < 4.78 is 16.3. The minimum absolute atomic E-state index is 0.167. The second-order valence-corrected chi connectivity index (χ2v) is 5.36. The number of methoxy groups -OCH3 is 1. The molecule has 0 amide bonds. The van der Waals surface area contributed by atoms with E-state index in [1.54, 1.807) is 31.4 Å². The van der Waals surface area contributed by atoms with Crippen LogP contribution in [-0.2, 0) is 0 Å². The maximum absolute atomic E-state index is 10.6. The van der Waals surface area contributed by atoms with Crippen LogP contribution in [0.25, 0.3) is 0 Å². The standard InChI is InChI=1S/C19H23NO5/c1-23-18-4-2-3-5-19(18)24-11-10-20-12-16(22)14-25-17-8-6-15(13-21)7-9-17/h2-9,13,16,20,22H,10-12,14H2,1H3. The summed E-state index contributed by atoms with van der Waals surface area (Å²) in [7, 11) is 1.60. The summed E-state index contributed by atoms with van der Waals surface area (Å²) in [6, 6.07) is 14.2. The average Bonchev–Trinajstić information content (AvgIpc) is 2.66. The molecule has 0 aromatic heterocycles. The lowest BCUT2D eigenvalue weighted by atomic mass is 10.2. The van der Waals surface area contributed by atoms with Gasteiger partial charge in [0, 0.05) is 18.7 Å². The lowest BCUT2D eigenvalue weighted by Crippen LogP contribution is -2.33. The quantitative estimate of drug-likeness (QED) is 0.479. The van der Waals surface area contributed by atoms with Crippen LogP contribution < -0.4 is 19.5 Å². The van der Waals surface area contributed by atoms with Crippen LogP contribution in [0.15, 0.2) is 48.5 Å². The van der Waals surface area contributed by atoms with Crippen LogP contribution in [-0.4, -0.2) is 50.9 Å². The zero-order chi connectivity index (χ0) is 17.9. The van der Waals surface area contributed by atoms with Crippen molar-refractivity contribution in [3.8, 4) is 17.2 Å². The van der Waals surface area contributed by atoms with Crippen molar-refractivity contribution >= 4 is 6.29 Å². The first-order valence-electron chi connectivity index (χ1n) is 8.05. The van der Waals surface area contributed by atoms with Crippen LogP contribution in [0.2, 0.25) is 0 Å². The number of aliphatic hydroxyl groups is 1. The monoisotopic (exact) mass is 345 g/mol. The Bertz CT molecular complexity index is 645. The lowest BCUT2D eigenvalue weighted by molar-refractivity contribution is 0.105. The molecule has 25 heavy (non-hydrogen) atoms. The molecule has 2 aromatic rings. The Morgan fingerprint density at radius 2 is 1.80 bits per heavy atom. The number of carbonyl (C=O) groups excluding carboxylic acids is 1. The van der Waals surface area contributed by atoms with E-state index < -0.39 is 6.10 Å². The number of para-hydroxylation sites is 2. The Hall–Kier alpha value is -2.57. The second-order valence-electron chi connectivity index (χ2n) is 5.36. The van der Waals surface area contributed by atoms with Crippen molar-refractivity contribution in [2.24, 2.45) is 0 Å². The van der Waals surface area contributed by atoms with Crippen LogP contribution in [0, 0.1) is 0 Å². The van der Waals surface area contributed by atoms with E-state index in [9.17, 15) is 9.90 Å². The highest BCUT2D eigenvalue weighted by atomic mass is 16.5. The molecule has 0 aliphatic heterocycles. The van der Waals surface area contributed by atoms with Crippen LogP contribution in [0.3, 0.4) is 0 Å². The van der Waals surface area contributed by atoms with E-state index >= 15 is 0 Å². The third-order valence-corrected chi connectivity index (χ3v) is 3.44. The van der Waals surface area contributed by atoms with E-state index in [1.807, 2.05) is 24.3 Å². The van der Waals surface area contributed by atoms with Crippen molar-refractivity contribution in [1.82, 2.24) is 5.32 Å². The molecule has 0 fully saturated rings. The summed E-state index contributed by atoms with van der Waals surface area (Å²) >= 11 is 0. The van der Waals surface area contributed by atoms with Gasteiger partial charge in [0.15, 0.2) is 11.5 Å². The third-order valence-electron chi connectivity index (χ3n) is 3.44.